The molecule has 0 aliphatic heterocycles. The number of ketones is 1. The molecule has 0 heterocycles. The maximum absolute atomic E-state index is 11.6. The summed E-state index contributed by atoms with van der Waals surface area (Å²) in [6, 6.07) is -0.977. The van der Waals surface area contributed by atoms with Gasteiger partial charge in [-0.3, -0.25) is 19.2 Å². The molecule has 114 valence electrons. The van der Waals surface area contributed by atoms with E-state index in [0.717, 1.165) is 0 Å². The van der Waals surface area contributed by atoms with Gasteiger partial charge >= 0.3 is 0 Å². The molecule has 8 heteroatoms. The number of amides is 3. The van der Waals surface area contributed by atoms with Crippen molar-refractivity contribution in [3.8, 4) is 0 Å². The van der Waals surface area contributed by atoms with E-state index in [-0.39, 0.29) is 30.7 Å². The van der Waals surface area contributed by atoms with Gasteiger partial charge in [-0.25, -0.2) is 0 Å². The minimum absolute atomic E-state index is 0.225. The summed E-state index contributed by atoms with van der Waals surface area (Å²) in [4.78, 5) is 44.9. The minimum atomic E-state index is -0.977. The van der Waals surface area contributed by atoms with Crippen LogP contribution in [0.15, 0.2) is 0 Å². The normalized spacial score (nSPS) is 11.7. The van der Waals surface area contributed by atoms with Gasteiger partial charge in [-0.05, 0) is 0 Å². The summed E-state index contributed by atoms with van der Waals surface area (Å²) in [5.74, 6) is -2.07. The summed E-state index contributed by atoms with van der Waals surface area (Å²) < 4.78 is 0. The Morgan fingerprint density at radius 2 is 1.55 bits per heavy atom. The van der Waals surface area contributed by atoms with Crippen molar-refractivity contribution in [2.45, 2.75) is 26.8 Å². The molecule has 1 unspecified atom stereocenters. The van der Waals surface area contributed by atoms with Gasteiger partial charge in [-0.1, -0.05) is 13.8 Å². The molecule has 0 aromatic carbocycles. The fraction of sp³-hybridized carbons (Fsp3) is 0.667. The molecule has 1 atom stereocenters. The third-order valence-corrected chi connectivity index (χ3v) is 2.37. The molecule has 0 bridgehead atoms. The highest BCUT2D eigenvalue weighted by molar-refractivity contribution is 5.92. The lowest BCUT2D eigenvalue weighted by Gasteiger charge is -2.17. The van der Waals surface area contributed by atoms with Crippen molar-refractivity contribution < 1.29 is 24.3 Å². The monoisotopic (exact) mass is 287 g/mol. The summed E-state index contributed by atoms with van der Waals surface area (Å²) in [7, 11) is 0. The quantitative estimate of drug-likeness (QED) is 0.408. The molecule has 20 heavy (non-hydrogen) atoms. The number of hydrogen-bond donors (Lipinski definition) is 4. The van der Waals surface area contributed by atoms with Crippen LogP contribution in [0.25, 0.3) is 0 Å². The fourth-order valence-electron chi connectivity index (χ4n) is 1.30. The van der Waals surface area contributed by atoms with Crippen molar-refractivity contribution in [1.82, 2.24) is 16.0 Å². The first-order valence-electron chi connectivity index (χ1n) is 6.23. The van der Waals surface area contributed by atoms with Gasteiger partial charge in [0.05, 0.1) is 19.7 Å². The second-order valence-corrected chi connectivity index (χ2v) is 4.55. The molecule has 3 amide bonds. The van der Waals surface area contributed by atoms with Crippen LogP contribution in [0.1, 0.15) is 20.8 Å². The molecule has 0 radical (unpaired) electrons. The molecule has 0 aromatic heterocycles. The topological polar surface area (TPSA) is 125 Å². The van der Waals surface area contributed by atoms with E-state index in [9.17, 15) is 19.2 Å². The average Bonchev–Trinajstić information content (AvgIpc) is 2.39. The Morgan fingerprint density at radius 3 is 2.00 bits per heavy atom. The summed E-state index contributed by atoms with van der Waals surface area (Å²) in [5.41, 5.74) is 0. The van der Waals surface area contributed by atoms with Crippen LogP contribution in [0.3, 0.4) is 0 Å². The number of hydrogen-bond acceptors (Lipinski definition) is 5. The average molecular weight is 287 g/mol. The van der Waals surface area contributed by atoms with E-state index >= 15 is 0 Å². The highest BCUT2D eigenvalue weighted by Gasteiger charge is 2.22. The maximum Gasteiger partial charge on any atom is 0.240 e. The molecule has 0 aliphatic rings. The Hall–Kier alpha value is -1.96. The number of aliphatic hydroxyl groups excluding tert-OH is 1. The first-order valence-corrected chi connectivity index (χ1v) is 6.23. The van der Waals surface area contributed by atoms with Crippen molar-refractivity contribution in [3.63, 3.8) is 0 Å². The Morgan fingerprint density at radius 1 is 1.00 bits per heavy atom. The van der Waals surface area contributed by atoms with Gasteiger partial charge in [0, 0.05) is 12.8 Å². The van der Waals surface area contributed by atoms with E-state index in [1.165, 1.54) is 6.92 Å². The number of carbonyl (C=O) groups is 4. The molecule has 0 aromatic rings. The Balaban J connectivity index is 4.12. The molecule has 0 spiro atoms. The zero-order valence-electron chi connectivity index (χ0n) is 11.9. The van der Waals surface area contributed by atoms with Crippen molar-refractivity contribution in [3.05, 3.63) is 0 Å². The van der Waals surface area contributed by atoms with Crippen LogP contribution in [0.4, 0.5) is 0 Å². The van der Waals surface area contributed by atoms with Gasteiger partial charge < -0.3 is 21.1 Å². The number of nitrogens with one attached hydrogen (secondary N) is 3. The Kier molecular flexibility index (Phi) is 8.14. The lowest BCUT2D eigenvalue weighted by atomic mass is 10.0. The van der Waals surface area contributed by atoms with Crippen molar-refractivity contribution in [2.75, 3.05) is 19.7 Å². The van der Waals surface area contributed by atoms with Gasteiger partial charge in [0.25, 0.3) is 0 Å². The summed E-state index contributed by atoms with van der Waals surface area (Å²) in [6.45, 7) is 3.53. The molecule has 8 nitrogen and oxygen atoms in total. The zero-order chi connectivity index (χ0) is 15.7. The maximum atomic E-state index is 11.6. The summed E-state index contributed by atoms with van der Waals surface area (Å²) in [6.07, 6.45) is 0. The molecule has 0 rings (SSSR count). The largest absolute Gasteiger partial charge is 0.394 e. The fourth-order valence-corrected chi connectivity index (χ4v) is 1.30. The third kappa shape index (κ3) is 7.47. The highest BCUT2D eigenvalue weighted by Crippen LogP contribution is 1.99. The van der Waals surface area contributed by atoms with Gasteiger partial charge in [-0.15, -0.1) is 0 Å². The predicted molar refractivity (Wildman–Crippen MR) is 70.6 cm³/mol. The van der Waals surface area contributed by atoms with Crippen molar-refractivity contribution in [1.29, 1.82) is 0 Å². The lowest BCUT2D eigenvalue weighted by molar-refractivity contribution is -0.131. The summed E-state index contributed by atoms with van der Waals surface area (Å²) in [5, 5.41) is 15.9. The van der Waals surface area contributed by atoms with Crippen LogP contribution < -0.4 is 16.0 Å². The number of rotatable bonds is 8. The standard InChI is InChI=1S/C12H21N3O5/c1-7(2)12(20)9(6-16)15-11(19)5-14-10(18)4-13-8(3)17/h7,9,16H,4-6H2,1-3H3,(H,13,17)(H,14,18)(H,15,19). The SMILES string of the molecule is CC(=O)NCC(=O)NCC(=O)NC(CO)C(=O)C(C)C. The van der Waals surface area contributed by atoms with Crippen molar-refractivity contribution in [2.24, 2.45) is 5.92 Å². The Bertz CT molecular complexity index is 381. The van der Waals surface area contributed by atoms with Crippen molar-refractivity contribution >= 4 is 23.5 Å². The third-order valence-electron chi connectivity index (χ3n) is 2.37. The Labute approximate surface area is 117 Å². The number of Topliss-reactive ketones (excluding diaryl/α,β-unsaturated/α-hetero) is 1. The smallest absolute Gasteiger partial charge is 0.240 e. The molecule has 0 aliphatic carbocycles. The molecule has 0 saturated heterocycles. The van der Waals surface area contributed by atoms with Gasteiger partial charge in [-0.2, -0.15) is 0 Å². The lowest BCUT2D eigenvalue weighted by Crippen LogP contribution is -2.49. The molecule has 0 saturated carbocycles. The van der Waals surface area contributed by atoms with Gasteiger partial charge in [0.1, 0.15) is 6.04 Å². The molecule has 4 N–H and O–H groups in total. The van der Waals surface area contributed by atoms with E-state index in [0.29, 0.717) is 0 Å². The van der Waals surface area contributed by atoms with E-state index in [1.54, 1.807) is 13.8 Å². The van der Waals surface area contributed by atoms with E-state index in [4.69, 9.17) is 5.11 Å². The van der Waals surface area contributed by atoms with E-state index in [2.05, 4.69) is 16.0 Å². The first-order chi connectivity index (χ1) is 9.27. The van der Waals surface area contributed by atoms with Crippen LogP contribution >= 0.6 is 0 Å². The number of aliphatic hydroxyl groups is 1. The molecular formula is C12H21N3O5. The van der Waals surface area contributed by atoms with Crippen LogP contribution in [-0.4, -0.2) is 54.3 Å². The van der Waals surface area contributed by atoms with Crippen LogP contribution in [0.5, 0.6) is 0 Å². The van der Waals surface area contributed by atoms with Gasteiger partial charge in [0.15, 0.2) is 5.78 Å². The first kappa shape index (κ1) is 18.0. The molecule has 0 fully saturated rings. The van der Waals surface area contributed by atoms with E-state index < -0.39 is 24.5 Å². The van der Waals surface area contributed by atoms with Crippen LogP contribution in [0, 0.1) is 5.92 Å². The van der Waals surface area contributed by atoms with Crippen LogP contribution in [-0.2, 0) is 19.2 Å². The number of carbonyl (C=O) groups excluding carboxylic acids is 4. The molecular weight excluding hydrogens is 266 g/mol. The highest BCUT2D eigenvalue weighted by atomic mass is 16.3. The second-order valence-electron chi connectivity index (χ2n) is 4.55. The zero-order valence-corrected chi connectivity index (χ0v) is 11.9. The van der Waals surface area contributed by atoms with Crippen LogP contribution in [0.2, 0.25) is 0 Å². The minimum Gasteiger partial charge on any atom is -0.394 e. The van der Waals surface area contributed by atoms with E-state index in [1.807, 2.05) is 0 Å². The summed E-state index contributed by atoms with van der Waals surface area (Å²) >= 11 is 0. The van der Waals surface area contributed by atoms with Gasteiger partial charge in [0.2, 0.25) is 17.7 Å². The second kappa shape index (κ2) is 9.03. The predicted octanol–water partition coefficient (Wildman–Crippen LogP) is -2.06.